The molecular weight excluding hydrogens is 1630 g/mol. The lowest BCUT2D eigenvalue weighted by Gasteiger charge is -2.36. The summed E-state index contributed by atoms with van der Waals surface area (Å²) in [6.45, 7) is -67.7. The predicted molar refractivity (Wildman–Crippen MR) is 517 cm³/mol. The third kappa shape index (κ3) is 33.8. The zero-order chi connectivity index (χ0) is 168. The first-order valence-corrected chi connectivity index (χ1v) is 39.8. The van der Waals surface area contributed by atoms with Crippen LogP contribution in [0.15, 0.2) is 151 Å². The minimum Gasteiger partial charge on any atom is -0.450 e. The van der Waals surface area contributed by atoms with Crippen molar-refractivity contribution in [2.45, 2.75) is 257 Å². The summed E-state index contributed by atoms with van der Waals surface area (Å²) in [4.78, 5) is 70.2. The van der Waals surface area contributed by atoms with Gasteiger partial charge in [-0.1, -0.05) is 375 Å². The Labute approximate surface area is 900 Å². The highest BCUT2D eigenvalue weighted by molar-refractivity contribution is 5.84. The van der Waals surface area contributed by atoms with Crippen LogP contribution < -0.4 is 0 Å². The molecule has 10 rings (SSSR count). The number of carbonyl (C=O) groups is 5. The highest BCUT2D eigenvalue weighted by Gasteiger charge is 2.52. The Kier molecular flexibility index (Phi) is 18.5. The molecule has 5 aromatic rings. The lowest BCUT2D eigenvalue weighted by molar-refractivity contribution is -0.174. The monoisotopic (exact) mass is 1870 g/mol. The fourth-order valence-electron chi connectivity index (χ4n) is 12.6. The number of ether oxygens (including phenoxy) is 5. The van der Waals surface area contributed by atoms with Gasteiger partial charge < -0.3 is 49.2 Å². The topological polar surface area (TPSA) is 249 Å². The predicted octanol–water partition coefficient (Wildman–Crippen LogP) is 16.7. The van der Waals surface area contributed by atoms with Gasteiger partial charge in [-0.15, -0.1) is 0 Å². The van der Waals surface area contributed by atoms with E-state index in [1.165, 1.54) is 23.8 Å². The number of benzene rings is 5. The molecule has 0 radical (unpaired) electrons. The molecule has 0 amide bonds. The Morgan fingerprint density at radius 3 is 0.823 bits per heavy atom. The van der Waals surface area contributed by atoms with Gasteiger partial charge in [0.1, 0.15) is 0 Å². The molecule has 20 heteroatoms. The summed E-state index contributed by atoms with van der Waals surface area (Å²) in [5, 5.41) is 23.8. The van der Waals surface area contributed by atoms with Crippen LogP contribution in [-0.2, 0) is 75.7 Å². The highest BCUT2D eigenvalue weighted by atomic mass is 16.6. The van der Waals surface area contributed by atoms with Crippen molar-refractivity contribution in [1.82, 2.24) is 24.5 Å². The molecule has 5 N–H and O–H groups in total. The first kappa shape index (κ1) is 39.0. The minimum absolute atomic E-state index is 0.143. The fraction of sp³-hybridized carbons (Fsp3) is 0.591. The maximum Gasteiger partial charge on any atom is 0.344 e. The van der Waals surface area contributed by atoms with E-state index in [0.29, 0.717) is 59.5 Å². The molecular formula is C110H155N5O15. The summed E-state index contributed by atoms with van der Waals surface area (Å²) >= 11 is 0. The summed E-state index contributed by atoms with van der Waals surface area (Å²) in [7, 11) is 0. The van der Waals surface area contributed by atoms with Gasteiger partial charge in [0, 0.05) is 98.1 Å². The van der Waals surface area contributed by atoms with Crippen LogP contribution in [0, 0.1) is 88.7 Å². The number of carbonyl (C=O) groups excluding carboxylic acids is 5. The molecule has 0 aliphatic heterocycles. The quantitative estimate of drug-likeness (QED) is 0.0139. The van der Waals surface area contributed by atoms with Crippen molar-refractivity contribution in [1.29, 1.82) is 7.16 Å². The third-order valence-corrected chi connectivity index (χ3v) is 19.3. The van der Waals surface area contributed by atoms with Gasteiger partial charge in [-0.2, -0.15) is 0 Å². The summed E-state index contributed by atoms with van der Waals surface area (Å²) in [5.41, 5.74) is -18.1. The van der Waals surface area contributed by atoms with E-state index >= 15 is 0 Å². The maximum atomic E-state index is 14.3. The smallest absolute Gasteiger partial charge is 0.344 e. The molecule has 0 saturated heterocycles. The van der Waals surface area contributed by atoms with Crippen LogP contribution in [0.4, 0.5) is 0 Å². The number of rotatable bonds is 40. The summed E-state index contributed by atoms with van der Waals surface area (Å²) < 4.78 is 701. The molecule has 0 spiro atoms. The van der Waals surface area contributed by atoms with Crippen molar-refractivity contribution in [2.75, 3.05) is 131 Å². The fourth-order valence-corrected chi connectivity index (χ4v) is 12.6. The average Bonchev–Trinajstić information content (AvgIpc) is 0.652. The number of hydrogen-bond acceptors (Lipinski definition) is 20. The normalized spacial score (nSPS) is 33.2. The molecule has 0 aromatic heterocycles. The molecule has 5 aliphatic carbocycles. The molecule has 710 valence electrons. The Morgan fingerprint density at radius 2 is 0.569 bits per heavy atom. The molecule has 5 unspecified atom stereocenters. The zero-order valence-electron chi connectivity index (χ0n) is 156. The van der Waals surface area contributed by atoms with Gasteiger partial charge in [0.05, 0.1) is 73.6 Å². The van der Waals surface area contributed by atoms with Crippen molar-refractivity contribution in [3.05, 3.63) is 179 Å². The van der Waals surface area contributed by atoms with E-state index in [1.807, 2.05) is 23.7 Å². The first-order valence-electron chi connectivity index (χ1n) is 81.8. The number of aliphatic hydroxyl groups is 5. The average molecular weight is 1870 g/mol. The van der Waals surface area contributed by atoms with E-state index in [4.69, 9.17) is 150 Å². The van der Waals surface area contributed by atoms with E-state index in [2.05, 4.69) is 15.0 Å². The zero-order valence-corrected chi connectivity index (χ0v) is 70.5. The van der Waals surface area contributed by atoms with Crippen molar-refractivity contribution >= 4 is 29.8 Å². The highest BCUT2D eigenvalue weighted by Crippen LogP contribution is 2.46. The SMILES string of the molecule is [2H]OC(C(=O)OC([2H])([2H])C#CC([2H])([2H])N(C([2H])([2H])C)C([2H])([2H])C)(c1ccccc1)C1CCCCC1.[2H]OC(C(=O)OC([2H])([2H])C#CC([2H])([2H])N(CC([2H])([2H])[2H])CC([2H])([2H])[2H])(c1c([2H])c([2H])c([2H])c([2H])c1[2H])C1([2H])C([2H])([2H])C([2H])([2H])C([2H])([2H])C([2H])([2H])C1([2H])[2H].[2H]OC(C(=O)OC([2H])([2H])C#CC([2H])([2H])N(CC([2H])([2H])[2H])CC([2H])([2H])[2H])(c1c([2H])c([2H])c([2H])c([2H])c1[2H])C1CCCCC1.[2H]OC(C(=O)OC([2H])([2H])C#CC([2H])([2H])N(CC([2H])([2H])[2H])CC([2H])([2H])[2H])(c1ccccc1)C1([2H])C([2H])([2H])C([2H])([2H])C([2H])([2H])C([2H])([2H])C1([2H])[2H].[2H]OC(C(=O)OC([2H])([2H])C#CC([2H])([2H])N(CC([2H])([2H])[2H])CC([2H])([2H])[2H])(c1ccccc1)C1CCCCC1. The first-order chi connectivity index (χ1) is 96.1. The van der Waals surface area contributed by atoms with Gasteiger partial charge in [0.25, 0.3) is 0 Å². The van der Waals surface area contributed by atoms with Crippen molar-refractivity contribution in [3.8, 4) is 59.2 Å². The molecule has 5 aliphatic rings. The Hall–Kier alpha value is -9.15. The van der Waals surface area contributed by atoms with E-state index in [-0.39, 0.29) is 27.5 Å². The summed E-state index contributed by atoms with van der Waals surface area (Å²) in [5.74, 6) is -3.29. The molecule has 0 heterocycles. The van der Waals surface area contributed by atoms with Gasteiger partial charge in [0.15, 0.2) is 60.8 Å². The molecule has 20 nitrogen and oxygen atoms in total. The van der Waals surface area contributed by atoms with E-state index in [0.717, 1.165) is 83.1 Å². The molecule has 5 saturated carbocycles. The van der Waals surface area contributed by atoms with Crippen molar-refractivity contribution < 1.29 is 183 Å². The molecule has 0 bridgehead atoms. The van der Waals surface area contributed by atoms with Gasteiger partial charge in [-0.25, -0.2) is 24.0 Å². The lowest BCUT2D eigenvalue weighted by Crippen LogP contribution is -2.45. The second-order valence-corrected chi connectivity index (χ2v) is 27.1. The Balaban J connectivity index is 0.000000405. The minimum atomic E-state index is -4.88. The Bertz CT molecular complexity index is 8190. The molecule has 5 atom stereocenters. The standard InChI is InChI=1S/5C22H31NO3/c5*1-3-23(4-2)17-11-12-18-26-21(24)22(25,19-13-7-5-8-14-19)20-15-9-6-10-16-20/h5*5,7-8,13-14,20,25H,3-4,6,9-10,15-18H2,1-2H3/i1D3,2D3,5D,6D2,7D,8D,9D2,10D2,13D,14D,15D2,16D2,17D2,18D2,20D,25D;1D3,2D3,6D2,9D2,10D2,15D2,16D2,17D2,18D2,20D,25D;1D3,2D3,5D,7D,8D,13D,14D,17D2,18D2,25D;3D2,4D2,17D2,18D2,25D;1D3,2D3,17D2,18D2,25D. The van der Waals surface area contributed by atoms with Crippen LogP contribution in [0.2, 0.25) is 0 Å². The molecule has 5 aromatic carbocycles. The summed E-state index contributed by atoms with van der Waals surface area (Å²) in [6, 6.07) is 9.81. The number of esters is 5. The van der Waals surface area contributed by atoms with Crippen LogP contribution in [0.3, 0.4) is 0 Å². The van der Waals surface area contributed by atoms with Gasteiger partial charge in [-0.3, -0.25) is 24.5 Å². The van der Waals surface area contributed by atoms with Crippen LogP contribution in [0.5, 0.6) is 0 Å². The second-order valence-electron chi connectivity index (χ2n) is 27.1. The van der Waals surface area contributed by atoms with E-state index in [1.54, 1.807) is 78.4 Å². The lowest BCUT2D eigenvalue weighted by atomic mass is 9.73. The molecule has 5 fully saturated rings. The van der Waals surface area contributed by atoms with Gasteiger partial charge in [-0.05, 0) is 157 Å². The number of hydrogen-bond donors (Lipinski definition) is 5. The van der Waals surface area contributed by atoms with E-state index < -0.39 is 414 Å². The Morgan fingerprint density at radius 1 is 0.338 bits per heavy atom. The van der Waals surface area contributed by atoms with Crippen LogP contribution in [0.1, 0.15) is 366 Å². The maximum absolute atomic E-state index is 14.3. The number of nitrogens with zero attached hydrogens (tertiary/aromatic N) is 5. The second kappa shape index (κ2) is 61.5. The largest absolute Gasteiger partial charge is 0.450 e. The summed E-state index contributed by atoms with van der Waals surface area (Å²) in [6.07, 6.45) is -34.0. The third-order valence-electron chi connectivity index (χ3n) is 19.3. The van der Waals surface area contributed by atoms with Gasteiger partial charge >= 0.3 is 29.8 Å². The van der Waals surface area contributed by atoms with E-state index in [9.17, 15) is 25.3 Å². The van der Waals surface area contributed by atoms with Crippen LogP contribution in [-0.4, -0.2) is 218 Å². The van der Waals surface area contributed by atoms with Crippen LogP contribution >= 0.6 is 0 Å². The van der Waals surface area contributed by atoms with Crippen molar-refractivity contribution in [2.24, 2.45) is 29.5 Å². The van der Waals surface area contributed by atoms with Crippen LogP contribution in [0.25, 0.3) is 0 Å². The van der Waals surface area contributed by atoms with Gasteiger partial charge in [0.2, 0.25) is 7.16 Å². The molecule has 130 heavy (non-hydrogen) atoms. The van der Waals surface area contributed by atoms with Crippen molar-refractivity contribution in [3.63, 3.8) is 0 Å².